The molecule has 1 amide bonds. The highest BCUT2D eigenvalue weighted by Crippen LogP contribution is 2.29. The zero-order chi connectivity index (χ0) is 15.1. The summed E-state index contributed by atoms with van der Waals surface area (Å²) in [5.41, 5.74) is 0.758. The van der Waals surface area contributed by atoms with E-state index in [1.807, 2.05) is 0 Å². The number of fused-ring (bicyclic) bond motifs is 2. The topological polar surface area (TPSA) is 67.2 Å². The summed E-state index contributed by atoms with van der Waals surface area (Å²) < 4.78 is 5.65. The van der Waals surface area contributed by atoms with Crippen LogP contribution in [0.15, 0.2) is 35.0 Å². The highest BCUT2D eigenvalue weighted by Gasteiger charge is 2.39. The third kappa shape index (κ3) is 2.51. The van der Waals surface area contributed by atoms with Gasteiger partial charge in [-0.15, -0.1) is 0 Å². The van der Waals surface area contributed by atoms with Crippen LogP contribution in [0.5, 0.6) is 0 Å². The van der Waals surface area contributed by atoms with Crippen molar-refractivity contribution in [2.45, 2.75) is 37.4 Å². The van der Waals surface area contributed by atoms with E-state index in [0.717, 1.165) is 18.4 Å². The van der Waals surface area contributed by atoms with E-state index in [1.54, 1.807) is 30.6 Å². The second-order valence-electron chi connectivity index (χ2n) is 5.92. The average Bonchev–Trinajstić information content (AvgIpc) is 3.23. The molecule has 3 atom stereocenters. The molecule has 0 radical (unpaired) electrons. The summed E-state index contributed by atoms with van der Waals surface area (Å²) in [4.78, 5) is 16.3. The molecule has 0 aromatic carbocycles. The van der Waals surface area contributed by atoms with Gasteiger partial charge in [-0.2, -0.15) is 0 Å². The second kappa shape index (κ2) is 5.41. The Morgan fingerprint density at radius 2 is 2.27 bits per heavy atom. The Kier molecular flexibility index (Phi) is 3.39. The molecule has 5 nitrogen and oxygen atoms in total. The van der Waals surface area contributed by atoms with Gasteiger partial charge in [-0.05, 0) is 37.5 Å². The fraction of sp³-hybridized carbons (Fsp3) is 0.375. The van der Waals surface area contributed by atoms with Crippen LogP contribution in [-0.4, -0.2) is 29.0 Å². The van der Waals surface area contributed by atoms with Gasteiger partial charge in [0.25, 0.3) is 5.91 Å². The molecule has 2 saturated heterocycles. The van der Waals surface area contributed by atoms with Crippen LogP contribution in [0, 0.1) is 0 Å². The minimum atomic E-state index is -0.166. The van der Waals surface area contributed by atoms with Crippen molar-refractivity contribution in [3.8, 4) is 11.3 Å². The molecule has 6 heteroatoms. The molecule has 0 spiro atoms. The third-order valence-corrected chi connectivity index (χ3v) is 4.64. The van der Waals surface area contributed by atoms with Gasteiger partial charge in [0.05, 0.1) is 5.02 Å². The molecule has 0 saturated carbocycles. The zero-order valence-corrected chi connectivity index (χ0v) is 12.6. The number of halogens is 1. The molecular weight excluding hydrogens is 302 g/mol. The lowest BCUT2D eigenvalue weighted by atomic mass is 9.95. The van der Waals surface area contributed by atoms with Crippen molar-refractivity contribution >= 4 is 17.5 Å². The van der Waals surface area contributed by atoms with E-state index >= 15 is 0 Å². The van der Waals surface area contributed by atoms with Gasteiger partial charge in [0, 0.05) is 36.1 Å². The molecule has 2 aromatic rings. The Hall–Kier alpha value is -1.85. The van der Waals surface area contributed by atoms with Crippen molar-refractivity contribution in [2.75, 3.05) is 0 Å². The maximum atomic E-state index is 12.3. The van der Waals surface area contributed by atoms with Gasteiger partial charge in [-0.25, -0.2) is 0 Å². The molecule has 0 unspecified atom stereocenters. The number of nitrogens with zero attached hydrogens (tertiary/aromatic N) is 1. The number of pyridine rings is 1. The van der Waals surface area contributed by atoms with E-state index < -0.39 is 0 Å². The van der Waals surface area contributed by atoms with Crippen LogP contribution < -0.4 is 10.6 Å². The van der Waals surface area contributed by atoms with E-state index in [-0.39, 0.29) is 11.9 Å². The number of aromatic nitrogens is 1. The van der Waals surface area contributed by atoms with E-state index in [0.29, 0.717) is 28.6 Å². The first-order valence-electron chi connectivity index (χ1n) is 7.47. The molecule has 4 rings (SSSR count). The molecule has 2 aliphatic rings. The fourth-order valence-electron chi connectivity index (χ4n) is 3.38. The quantitative estimate of drug-likeness (QED) is 0.913. The predicted molar refractivity (Wildman–Crippen MR) is 82.8 cm³/mol. The maximum absolute atomic E-state index is 12.3. The average molecular weight is 318 g/mol. The first kappa shape index (κ1) is 13.8. The number of furan rings is 1. The number of carbonyl (C=O) groups is 1. The molecular formula is C16H16ClN3O2. The summed E-state index contributed by atoms with van der Waals surface area (Å²) in [7, 11) is 0. The smallest absolute Gasteiger partial charge is 0.287 e. The molecule has 114 valence electrons. The van der Waals surface area contributed by atoms with Crippen LogP contribution in [-0.2, 0) is 0 Å². The molecule has 2 aliphatic heterocycles. The molecule has 2 aromatic heterocycles. The van der Waals surface area contributed by atoms with Crippen molar-refractivity contribution in [3.05, 3.63) is 41.4 Å². The minimum Gasteiger partial charge on any atom is -0.451 e. The summed E-state index contributed by atoms with van der Waals surface area (Å²) in [5, 5.41) is 7.10. The molecule has 22 heavy (non-hydrogen) atoms. The molecule has 2 bridgehead atoms. The second-order valence-corrected chi connectivity index (χ2v) is 6.36. The summed E-state index contributed by atoms with van der Waals surface area (Å²) in [6.45, 7) is 0. The number of amides is 1. The number of carbonyl (C=O) groups excluding carboxylic acids is 1. The van der Waals surface area contributed by atoms with Crippen molar-refractivity contribution in [1.82, 2.24) is 15.6 Å². The van der Waals surface area contributed by atoms with Gasteiger partial charge in [0.1, 0.15) is 5.76 Å². The van der Waals surface area contributed by atoms with E-state index in [1.165, 1.54) is 6.42 Å². The van der Waals surface area contributed by atoms with Crippen LogP contribution in [0.25, 0.3) is 11.3 Å². The summed E-state index contributed by atoms with van der Waals surface area (Å²) in [5.74, 6) is 0.740. The van der Waals surface area contributed by atoms with Crippen molar-refractivity contribution in [1.29, 1.82) is 0 Å². The number of hydrogen-bond acceptors (Lipinski definition) is 4. The van der Waals surface area contributed by atoms with Crippen molar-refractivity contribution < 1.29 is 9.21 Å². The monoisotopic (exact) mass is 317 g/mol. The zero-order valence-electron chi connectivity index (χ0n) is 11.9. The Bertz CT molecular complexity index is 715. The lowest BCUT2D eigenvalue weighted by Crippen LogP contribution is -2.42. The Labute approximate surface area is 133 Å². The van der Waals surface area contributed by atoms with Crippen LogP contribution in [0.2, 0.25) is 5.02 Å². The fourth-order valence-corrected chi connectivity index (χ4v) is 3.56. The van der Waals surface area contributed by atoms with Crippen LogP contribution in [0.1, 0.15) is 29.8 Å². The summed E-state index contributed by atoms with van der Waals surface area (Å²) in [6.07, 6.45) is 6.56. The van der Waals surface area contributed by atoms with Crippen LogP contribution >= 0.6 is 11.6 Å². The third-order valence-electron chi connectivity index (χ3n) is 4.44. The van der Waals surface area contributed by atoms with Gasteiger partial charge in [-0.3, -0.25) is 9.78 Å². The molecule has 2 fully saturated rings. The van der Waals surface area contributed by atoms with Crippen molar-refractivity contribution in [2.24, 2.45) is 0 Å². The number of rotatable bonds is 3. The first-order valence-corrected chi connectivity index (χ1v) is 7.84. The van der Waals surface area contributed by atoms with E-state index in [9.17, 15) is 4.79 Å². The predicted octanol–water partition coefficient (Wildman–Crippen LogP) is 2.62. The normalized spacial score (nSPS) is 26.3. The Balaban J connectivity index is 1.48. The summed E-state index contributed by atoms with van der Waals surface area (Å²) >= 11 is 5.92. The SMILES string of the molecule is O=C(N[C@@H]1C[C@H]2CC[C@@H]1N2)c1ccc(-c2cncc(Cl)c2)o1. The van der Waals surface area contributed by atoms with Gasteiger partial charge in [-0.1, -0.05) is 11.6 Å². The number of nitrogens with one attached hydrogen (secondary N) is 2. The van der Waals surface area contributed by atoms with E-state index in [4.69, 9.17) is 16.0 Å². The van der Waals surface area contributed by atoms with Crippen LogP contribution in [0.3, 0.4) is 0 Å². The van der Waals surface area contributed by atoms with Gasteiger partial charge in [0.15, 0.2) is 5.76 Å². The van der Waals surface area contributed by atoms with Gasteiger partial charge < -0.3 is 15.1 Å². The first-order chi connectivity index (χ1) is 10.7. The molecule has 2 N–H and O–H groups in total. The number of hydrogen-bond donors (Lipinski definition) is 2. The lowest BCUT2D eigenvalue weighted by molar-refractivity contribution is 0.0903. The Morgan fingerprint density at radius 3 is 3.00 bits per heavy atom. The molecule has 4 heterocycles. The summed E-state index contributed by atoms with van der Waals surface area (Å²) in [6, 6.07) is 6.37. The largest absolute Gasteiger partial charge is 0.451 e. The highest BCUT2D eigenvalue weighted by molar-refractivity contribution is 6.30. The maximum Gasteiger partial charge on any atom is 0.287 e. The molecule has 0 aliphatic carbocycles. The minimum absolute atomic E-state index is 0.166. The van der Waals surface area contributed by atoms with E-state index in [2.05, 4.69) is 15.6 Å². The lowest BCUT2D eigenvalue weighted by Gasteiger charge is -2.20. The van der Waals surface area contributed by atoms with Crippen LogP contribution in [0.4, 0.5) is 0 Å². The Morgan fingerprint density at radius 1 is 1.36 bits per heavy atom. The highest BCUT2D eigenvalue weighted by atomic mass is 35.5. The standard InChI is InChI=1S/C16H16ClN3O2/c17-10-5-9(7-18-8-10)14-3-4-15(22-14)16(21)20-13-6-11-1-2-12(13)19-11/h3-5,7-8,11-13,19H,1-2,6H2,(H,20,21)/t11-,12+,13-/m1/s1. The van der Waals surface area contributed by atoms with Crippen molar-refractivity contribution in [3.63, 3.8) is 0 Å². The van der Waals surface area contributed by atoms with Gasteiger partial charge in [0.2, 0.25) is 0 Å². The van der Waals surface area contributed by atoms with Gasteiger partial charge >= 0.3 is 0 Å².